The molecule has 1 saturated heterocycles. The summed E-state index contributed by atoms with van der Waals surface area (Å²) in [6, 6.07) is 3.00. The molecule has 11 nitrogen and oxygen atoms in total. The van der Waals surface area contributed by atoms with Crippen molar-refractivity contribution in [3.8, 4) is 0 Å². The van der Waals surface area contributed by atoms with Gasteiger partial charge in [0.2, 0.25) is 5.90 Å². The largest absolute Gasteiger partial charge is 0.488 e. The average Bonchev–Trinajstić information content (AvgIpc) is 3.40. The fraction of sp³-hybridized carbons (Fsp3) is 0.379. The van der Waals surface area contributed by atoms with Crippen LogP contribution >= 0.6 is 11.3 Å². The maximum absolute atomic E-state index is 13.4. The van der Waals surface area contributed by atoms with Crippen molar-refractivity contribution >= 4 is 40.5 Å². The maximum Gasteiger partial charge on any atom is 0.347 e. The molecule has 1 aliphatic carbocycles. The van der Waals surface area contributed by atoms with Crippen LogP contribution in [-0.4, -0.2) is 78.6 Å². The highest BCUT2D eigenvalue weighted by Crippen LogP contribution is 2.24. The Labute approximate surface area is 243 Å². The van der Waals surface area contributed by atoms with Gasteiger partial charge in [-0.15, -0.1) is 11.3 Å². The second-order valence-electron chi connectivity index (χ2n) is 9.88. The number of carbonyl (C=O) groups is 2. The number of pyridine rings is 1. The molecule has 0 unspecified atom stereocenters. The third-order valence-electron chi connectivity index (χ3n) is 6.82. The van der Waals surface area contributed by atoms with Crippen LogP contribution in [0.4, 0.5) is 16.2 Å². The first-order valence-electron chi connectivity index (χ1n) is 13.6. The number of nitrogen functional groups attached to an aromatic ring is 1. The van der Waals surface area contributed by atoms with Crippen molar-refractivity contribution in [3.63, 3.8) is 0 Å². The molecule has 4 heterocycles. The van der Waals surface area contributed by atoms with Crippen LogP contribution in [0.25, 0.3) is 0 Å². The monoisotopic (exact) mass is 578 g/mol. The molecule has 3 aliphatic rings. The number of carbonyl (C=O) groups excluding carboxylic acids is 2. The number of aliphatic imine (C=N–C) groups is 1. The number of nitrogens with two attached hydrogens (primary N) is 1. The van der Waals surface area contributed by atoms with Crippen molar-refractivity contribution < 1.29 is 23.8 Å². The lowest BCUT2D eigenvalue weighted by Gasteiger charge is -2.29. The molecule has 0 atom stereocenters. The molecule has 41 heavy (non-hydrogen) atoms. The lowest BCUT2D eigenvalue weighted by molar-refractivity contribution is 0.0348. The molecule has 216 valence electrons. The number of nitrogens with one attached hydrogen (secondary N) is 1. The molecule has 3 amide bonds. The topological polar surface area (TPSA) is 132 Å². The van der Waals surface area contributed by atoms with Gasteiger partial charge in [0.25, 0.3) is 5.91 Å². The number of allylic oxidation sites excluding steroid dienone is 4. The minimum Gasteiger partial charge on any atom is -0.488 e. The third kappa shape index (κ3) is 8.26. The summed E-state index contributed by atoms with van der Waals surface area (Å²) in [6.45, 7) is 4.47. The van der Waals surface area contributed by atoms with E-state index in [0.717, 1.165) is 31.5 Å². The van der Waals surface area contributed by atoms with Gasteiger partial charge < -0.3 is 30.2 Å². The molecule has 2 aromatic rings. The molecule has 2 aromatic heterocycles. The molecule has 0 bridgehead atoms. The first-order chi connectivity index (χ1) is 20.0. The van der Waals surface area contributed by atoms with Crippen molar-refractivity contribution in [2.45, 2.75) is 25.8 Å². The zero-order valence-electron chi connectivity index (χ0n) is 22.8. The number of hydrogen-bond donors (Lipinski definition) is 2. The van der Waals surface area contributed by atoms with Gasteiger partial charge in [-0.2, -0.15) is 4.99 Å². The van der Waals surface area contributed by atoms with Crippen LogP contribution < -0.4 is 11.1 Å². The lowest BCUT2D eigenvalue weighted by atomic mass is 10.0. The van der Waals surface area contributed by atoms with E-state index in [2.05, 4.69) is 32.3 Å². The second-order valence-corrected chi connectivity index (χ2v) is 10.6. The van der Waals surface area contributed by atoms with Crippen LogP contribution in [0, 0.1) is 0 Å². The average molecular weight is 579 g/mol. The summed E-state index contributed by atoms with van der Waals surface area (Å²) in [4.78, 5) is 38.5. The SMILES string of the molecule is Nc1cscc1NC(=O)c1ccc(CN(CCN2CCOCC2)C(=O)N=C2COC=C(CC3=CC=CCC3)O2)cn1. The highest BCUT2D eigenvalue weighted by Gasteiger charge is 2.21. The number of aromatic nitrogens is 1. The van der Waals surface area contributed by atoms with E-state index in [1.165, 1.54) is 16.9 Å². The molecule has 5 rings (SSSR count). The minimum absolute atomic E-state index is 0.0888. The number of ether oxygens (including phenoxy) is 3. The minimum atomic E-state index is -0.423. The molecule has 0 radical (unpaired) electrons. The number of nitrogens with zero attached hydrogens (tertiary/aromatic N) is 4. The molecular weight excluding hydrogens is 544 g/mol. The summed E-state index contributed by atoms with van der Waals surface area (Å²) in [5.74, 6) is 0.506. The molecule has 0 spiro atoms. The van der Waals surface area contributed by atoms with Crippen LogP contribution in [0.5, 0.6) is 0 Å². The zero-order valence-corrected chi connectivity index (χ0v) is 23.6. The number of anilines is 2. The van der Waals surface area contributed by atoms with E-state index in [0.29, 0.717) is 49.9 Å². The summed E-state index contributed by atoms with van der Waals surface area (Å²) in [7, 11) is 0. The van der Waals surface area contributed by atoms with E-state index < -0.39 is 6.03 Å². The first kappa shape index (κ1) is 28.5. The number of amides is 3. The smallest absolute Gasteiger partial charge is 0.347 e. The van der Waals surface area contributed by atoms with Crippen molar-refractivity contribution in [1.29, 1.82) is 0 Å². The number of urea groups is 1. The fourth-order valence-electron chi connectivity index (χ4n) is 4.54. The molecule has 2 aliphatic heterocycles. The van der Waals surface area contributed by atoms with Gasteiger partial charge in [-0.25, -0.2) is 4.79 Å². The van der Waals surface area contributed by atoms with Gasteiger partial charge >= 0.3 is 6.03 Å². The Balaban J connectivity index is 1.24. The van der Waals surface area contributed by atoms with E-state index in [1.54, 1.807) is 40.3 Å². The number of morpholine rings is 1. The Hall–Kier alpha value is -4.00. The predicted octanol–water partition coefficient (Wildman–Crippen LogP) is 4.19. The standard InChI is InChI=1S/C29H34N6O5S/c30-24-19-41-20-26(24)32-28(36)25-7-6-22(15-31-25)16-35(9-8-34-10-12-38-13-11-34)29(37)33-27-18-39-17-23(40-27)14-21-4-2-1-3-5-21/h1-2,4,6-7,15,17,19-20H,3,5,8-14,16,18,30H2,(H,32,36). The zero-order chi connectivity index (χ0) is 28.4. The lowest BCUT2D eigenvalue weighted by Crippen LogP contribution is -2.42. The summed E-state index contributed by atoms with van der Waals surface area (Å²) >= 11 is 1.41. The van der Waals surface area contributed by atoms with Crippen LogP contribution in [-0.2, 0) is 20.8 Å². The van der Waals surface area contributed by atoms with Crippen LogP contribution in [0.15, 0.2) is 69.9 Å². The summed E-state index contributed by atoms with van der Waals surface area (Å²) < 4.78 is 16.9. The molecule has 0 aromatic carbocycles. The van der Waals surface area contributed by atoms with E-state index in [-0.39, 0.29) is 30.7 Å². The van der Waals surface area contributed by atoms with Crippen LogP contribution in [0.1, 0.15) is 35.3 Å². The van der Waals surface area contributed by atoms with Gasteiger partial charge in [0, 0.05) is 56.1 Å². The normalized spacial score (nSPS) is 18.2. The second kappa shape index (κ2) is 14.1. The molecule has 0 saturated carbocycles. The summed E-state index contributed by atoms with van der Waals surface area (Å²) in [5.41, 5.74) is 9.20. The Bertz CT molecular complexity index is 1340. The number of thiophene rings is 1. The number of hydrogen-bond acceptors (Lipinski definition) is 9. The molecule has 12 heteroatoms. The number of rotatable bonds is 9. The van der Waals surface area contributed by atoms with Gasteiger partial charge in [0.05, 0.1) is 24.6 Å². The highest BCUT2D eigenvalue weighted by molar-refractivity contribution is 7.09. The Morgan fingerprint density at radius 3 is 2.83 bits per heavy atom. The first-order valence-corrected chi connectivity index (χ1v) is 14.6. The van der Waals surface area contributed by atoms with Crippen molar-refractivity contribution in [3.05, 3.63) is 76.2 Å². The molecule has 3 N–H and O–H groups in total. The predicted molar refractivity (Wildman–Crippen MR) is 158 cm³/mol. The van der Waals surface area contributed by atoms with Crippen molar-refractivity contribution in [2.24, 2.45) is 4.99 Å². The summed E-state index contributed by atoms with van der Waals surface area (Å²) in [5, 5.41) is 6.29. The van der Waals surface area contributed by atoms with Gasteiger partial charge in [-0.1, -0.05) is 29.9 Å². The molecular formula is C29H34N6O5S. The Morgan fingerprint density at radius 1 is 1.22 bits per heavy atom. The van der Waals surface area contributed by atoms with Gasteiger partial charge in [0.1, 0.15) is 17.7 Å². The van der Waals surface area contributed by atoms with Gasteiger partial charge in [0.15, 0.2) is 6.61 Å². The quantitative estimate of drug-likeness (QED) is 0.453. The Morgan fingerprint density at radius 2 is 2.10 bits per heavy atom. The van der Waals surface area contributed by atoms with E-state index in [4.69, 9.17) is 19.9 Å². The van der Waals surface area contributed by atoms with Gasteiger partial charge in [-0.3, -0.25) is 14.7 Å². The Kier molecular flexibility index (Phi) is 9.78. The summed E-state index contributed by atoms with van der Waals surface area (Å²) in [6.07, 6.45) is 12.0. The maximum atomic E-state index is 13.4. The molecule has 1 fully saturated rings. The van der Waals surface area contributed by atoms with Crippen LogP contribution in [0.2, 0.25) is 0 Å². The van der Waals surface area contributed by atoms with E-state index in [1.807, 2.05) is 6.08 Å². The van der Waals surface area contributed by atoms with E-state index >= 15 is 0 Å². The van der Waals surface area contributed by atoms with Gasteiger partial charge in [-0.05, 0) is 24.5 Å². The van der Waals surface area contributed by atoms with Crippen molar-refractivity contribution in [2.75, 3.05) is 57.1 Å². The third-order valence-corrected chi connectivity index (χ3v) is 7.59. The van der Waals surface area contributed by atoms with Crippen LogP contribution in [0.3, 0.4) is 0 Å². The fourth-order valence-corrected chi connectivity index (χ4v) is 5.21. The van der Waals surface area contributed by atoms with E-state index in [9.17, 15) is 9.59 Å². The van der Waals surface area contributed by atoms with Crippen molar-refractivity contribution in [1.82, 2.24) is 14.8 Å². The highest BCUT2D eigenvalue weighted by atomic mass is 32.1.